The zero-order valence-corrected chi connectivity index (χ0v) is 41.9. The van der Waals surface area contributed by atoms with E-state index in [2.05, 4.69) is 26.0 Å². The van der Waals surface area contributed by atoms with Gasteiger partial charge in [-0.15, -0.1) is 0 Å². The SMILES string of the molecule is CCCCCCCCCCC/C=C/CCCCC(=O)OC[C@H](COP(=O)(O)OC1C(O)C(O)C(O)[C@@H](O)C1O)OC(=O)CCCCCCCCCCCCCCCCCCCCCCC. The van der Waals surface area contributed by atoms with Crippen LogP contribution >= 0.6 is 7.82 Å². The number of carbonyl (C=O) groups excluding carboxylic acids is 2. The fourth-order valence-electron chi connectivity index (χ4n) is 8.34. The zero-order chi connectivity index (χ0) is 47.8. The topological polar surface area (TPSA) is 210 Å². The van der Waals surface area contributed by atoms with Crippen molar-refractivity contribution in [3.05, 3.63) is 12.2 Å². The molecule has 0 radical (unpaired) electrons. The monoisotopic (exact) mass is 949 g/mol. The highest BCUT2D eigenvalue weighted by Gasteiger charge is 2.51. The minimum absolute atomic E-state index is 0.0992. The van der Waals surface area contributed by atoms with Crippen molar-refractivity contribution in [3.8, 4) is 0 Å². The molecule has 0 aliphatic heterocycles. The second kappa shape index (κ2) is 41.6. The number of unbranched alkanes of at least 4 members (excludes halogenated alkanes) is 31. The Kier molecular flexibility index (Phi) is 39.4. The minimum Gasteiger partial charge on any atom is -0.462 e. The van der Waals surface area contributed by atoms with E-state index in [4.69, 9.17) is 18.5 Å². The van der Waals surface area contributed by atoms with Crippen molar-refractivity contribution in [2.75, 3.05) is 13.2 Å². The zero-order valence-electron chi connectivity index (χ0n) is 41.1. The first-order valence-electron chi connectivity index (χ1n) is 26.5. The number of hydrogen-bond donors (Lipinski definition) is 6. The third kappa shape index (κ3) is 33.7. The lowest BCUT2D eigenvalue weighted by molar-refractivity contribution is -0.220. The lowest BCUT2D eigenvalue weighted by atomic mass is 9.85. The van der Waals surface area contributed by atoms with Crippen LogP contribution in [0, 0.1) is 0 Å². The summed E-state index contributed by atoms with van der Waals surface area (Å²) in [4.78, 5) is 35.8. The molecule has 1 aliphatic carbocycles. The summed E-state index contributed by atoms with van der Waals surface area (Å²) in [6.07, 6.45) is 32.7. The molecule has 6 N–H and O–H groups in total. The van der Waals surface area contributed by atoms with Gasteiger partial charge in [0.15, 0.2) is 6.10 Å². The number of carbonyl (C=O) groups is 2. The Bertz CT molecular complexity index is 1190. The first-order chi connectivity index (χ1) is 31.4. The van der Waals surface area contributed by atoms with Gasteiger partial charge in [0.05, 0.1) is 6.61 Å². The molecule has 6 unspecified atom stereocenters. The van der Waals surface area contributed by atoms with Gasteiger partial charge in [-0.05, 0) is 38.5 Å². The average molecular weight is 949 g/mol. The molecular formula is C51H97O13P. The van der Waals surface area contributed by atoms with E-state index in [1.165, 1.54) is 167 Å². The molecule has 65 heavy (non-hydrogen) atoms. The maximum absolute atomic E-state index is 12.8. The largest absolute Gasteiger partial charge is 0.472 e. The Morgan fingerprint density at radius 3 is 1.20 bits per heavy atom. The fourth-order valence-corrected chi connectivity index (χ4v) is 9.32. The quantitative estimate of drug-likeness (QED) is 0.0145. The van der Waals surface area contributed by atoms with Gasteiger partial charge in [0, 0.05) is 12.8 Å². The molecule has 0 spiro atoms. The van der Waals surface area contributed by atoms with Gasteiger partial charge in [0.25, 0.3) is 0 Å². The molecule has 8 atom stereocenters. The van der Waals surface area contributed by atoms with Crippen LogP contribution in [0.2, 0.25) is 0 Å². The molecule has 1 fully saturated rings. The molecule has 0 heterocycles. The smallest absolute Gasteiger partial charge is 0.462 e. The van der Waals surface area contributed by atoms with Crippen molar-refractivity contribution in [2.24, 2.45) is 0 Å². The Morgan fingerprint density at radius 2 is 0.785 bits per heavy atom. The van der Waals surface area contributed by atoms with Gasteiger partial charge >= 0.3 is 19.8 Å². The van der Waals surface area contributed by atoms with Gasteiger partial charge < -0.3 is 39.9 Å². The van der Waals surface area contributed by atoms with Crippen LogP contribution in [0.15, 0.2) is 12.2 Å². The molecule has 0 saturated heterocycles. The summed E-state index contributed by atoms with van der Waals surface area (Å²) in [6, 6.07) is 0. The molecule has 1 rings (SSSR count). The molecule has 1 aliphatic rings. The molecule has 0 amide bonds. The van der Waals surface area contributed by atoms with Gasteiger partial charge in [0.2, 0.25) is 0 Å². The summed E-state index contributed by atoms with van der Waals surface area (Å²) in [7, 11) is -5.12. The summed E-state index contributed by atoms with van der Waals surface area (Å²) in [5.41, 5.74) is 0. The number of esters is 2. The highest BCUT2D eigenvalue weighted by molar-refractivity contribution is 7.47. The summed E-state index contributed by atoms with van der Waals surface area (Å²) in [5, 5.41) is 50.3. The van der Waals surface area contributed by atoms with Crippen molar-refractivity contribution in [1.82, 2.24) is 0 Å². The predicted octanol–water partition coefficient (Wildman–Crippen LogP) is 11.4. The van der Waals surface area contributed by atoms with Crippen LogP contribution in [0.25, 0.3) is 0 Å². The third-order valence-electron chi connectivity index (χ3n) is 12.6. The molecule has 0 bridgehead atoms. The molecule has 0 aromatic heterocycles. The normalized spacial score (nSPS) is 21.4. The Labute approximate surface area is 394 Å². The lowest BCUT2D eigenvalue weighted by Gasteiger charge is -2.41. The van der Waals surface area contributed by atoms with Crippen LogP contribution in [0.4, 0.5) is 0 Å². The van der Waals surface area contributed by atoms with E-state index in [0.29, 0.717) is 12.8 Å². The molecule has 0 aromatic rings. The summed E-state index contributed by atoms with van der Waals surface area (Å²) in [5.74, 6) is -1.11. The maximum atomic E-state index is 12.8. The highest BCUT2D eigenvalue weighted by atomic mass is 31.2. The van der Waals surface area contributed by atoms with E-state index in [0.717, 1.165) is 38.5 Å². The van der Waals surface area contributed by atoms with Gasteiger partial charge in [-0.2, -0.15) is 0 Å². The average Bonchev–Trinajstić information content (AvgIpc) is 3.29. The number of ether oxygens (including phenoxy) is 2. The maximum Gasteiger partial charge on any atom is 0.472 e. The van der Waals surface area contributed by atoms with E-state index in [9.17, 15) is 44.6 Å². The number of phosphoric acid groups is 1. The number of aliphatic hydroxyl groups is 5. The highest BCUT2D eigenvalue weighted by Crippen LogP contribution is 2.47. The number of hydrogen-bond acceptors (Lipinski definition) is 12. The Hall–Kier alpha value is -1.41. The van der Waals surface area contributed by atoms with Crippen LogP contribution in [0.3, 0.4) is 0 Å². The van der Waals surface area contributed by atoms with Crippen molar-refractivity contribution in [2.45, 2.75) is 288 Å². The fraction of sp³-hybridized carbons (Fsp3) is 0.922. The van der Waals surface area contributed by atoms with Gasteiger partial charge in [0.1, 0.15) is 43.2 Å². The van der Waals surface area contributed by atoms with Crippen molar-refractivity contribution >= 4 is 19.8 Å². The van der Waals surface area contributed by atoms with Crippen LogP contribution in [-0.4, -0.2) is 98.3 Å². The molecule has 0 aromatic carbocycles. The first kappa shape index (κ1) is 61.6. The first-order valence-corrected chi connectivity index (χ1v) is 28.0. The number of phosphoric ester groups is 1. The van der Waals surface area contributed by atoms with E-state index >= 15 is 0 Å². The summed E-state index contributed by atoms with van der Waals surface area (Å²) in [6.45, 7) is 3.33. The van der Waals surface area contributed by atoms with Crippen LogP contribution < -0.4 is 0 Å². The second-order valence-corrected chi connectivity index (χ2v) is 20.1. The van der Waals surface area contributed by atoms with Gasteiger partial charge in [-0.1, -0.05) is 206 Å². The van der Waals surface area contributed by atoms with Crippen LogP contribution in [-0.2, 0) is 32.7 Å². The number of rotatable bonds is 45. The lowest BCUT2D eigenvalue weighted by Crippen LogP contribution is -2.64. The van der Waals surface area contributed by atoms with Gasteiger partial charge in [-0.25, -0.2) is 4.57 Å². The molecular weight excluding hydrogens is 852 g/mol. The van der Waals surface area contributed by atoms with E-state index in [1.807, 2.05) is 0 Å². The van der Waals surface area contributed by atoms with Crippen molar-refractivity contribution in [1.29, 1.82) is 0 Å². The second-order valence-electron chi connectivity index (χ2n) is 18.7. The molecule has 13 nitrogen and oxygen atoms in total. The molecule has 1 saturated carbocycles. The standard InChI is InChI=1S/C51H97O13P/c1-3-5-7-9-11-13-15-17-19-20-21-22-23-24-26-28-30-32-34-36-38-40-45(53)63-43(42-62-65(59,60)64-51-49(57)47(55)46(54)48(56)50(51)58)41-61-44(52)39-37-35-33-31-29-27-25-18-16-14-12-10-8-6-4-2/h29,31,43,46-51,54-58H,3-28,30,32-42H2,1-2H3,(H,59,60)/b31-29+/t43-,46?,47-,48?,49?,50?,51?/m1/s1. The third-order valence-corrected chi connectivity index (χ3v) is 13.6. The molecule has 384 valence electrons. The molecule has 14 heteroatoms. The predicted molar refractivity (Wildman–Crippen MR) is 258 cm³/mol. The van der Waals surface area contributed by atoms with Gasteiger partial charge in [-0.3, -0.25) is 18.6 Å². The van der Waals surface area contributed by atoms with E-state index < -0.39 is 75.7 Å². The van der Waals surface area contributed by atoms with Crippen LogP contribution in [0.1, 0.15) is 245 Å². The summed E-state index contributed by atoms with van der Waals surface area (Å²) < 4.78 is 33.6. The number of aliphatic hydroxyl groups excluding tert-OH is 5. The van der Waals surface area contributed by atoms with E-state index in [1.54, 1.807) is 0 Å². The van der Waals surface area contributed by atoms with Crippen LogP contribution in [0.5, 0.6) is 0 Å². The minimum atomic E-state index is -5.12. The Balaban J connectivity index is 2.37. The summed E-state index contributed by atoms with van der Waals surface area (Å²) >= 11 is 0. The number of allylic oxidation sites excluding steroid dienone is 2. The van der Waals surface area contributed by atoms with Crippen molar-refractivity contribution < 1.29 is 63.1 Å². The van der Waals surface area contributed by atoms with E-state index in [-0.39, 0.29) is 12.8 Å². The van der Waals surface area contributed by atoms with Crippen molar-refractivity contribution in [3.63, 3.8) is 0 Å². The Morgan fingerprint density at radius 1 is 0.462 bits per heavy atom.